The number of fused-ring (bicyclic) bond motifs is 1. The molecule has 2 heterocycles. The topological polar surface area (TPSA) is 47.4 Å². The van der Waals surface area contributed by atoms with Gasteiger partial charge in [-0.15, -0.1) is 0 Å². The standard InChI is InChI=1S/C17H27N3O2/c1-12-13(2)18-20(14(12)3)9-8-17(21)19-10-11-22-16-7-5-4-6-15(16)19/h15-16H,4-11H2,1-3H3/t15-,16-/m1/s1. The van der Waals surface area contributed by atoms with Crippen molar-refractivity contribution in [2.24, 2.45) is 0 Å². The molecule has 5 heteroatoms. The zero-order valence-electron chi connectivity index (χ0n) is 14.0. The van der Waals surface area contributed by atoms with Crippen molar-refractivity contribution in [1.29, 1.82) is 0 Å². The SMILES string of the molecule is Cc1nn(CCC(=O)N2CCO[C@@H]3CCCC[C@H]32)c(C)c1C. The molecule has 1 aromatic rings. The summed E-state index contributed by atoms with van der Waals surface area (Å²) in [4.78, 5) is 14.7. The van der Waals surface area contributed by atoms with Gasteiger partial charge in [-0.2, -0.15) is 5.10 Å². The smallest absolute Gasteiger partial charge is 0.224 e. The van der Waals surface area contributed by atoms with E-state index in [0.29, 0.717) is 25.6 Å². The maximum atomic E-state index is 12.7. The third kappa shape index (κ3) is 2.91. The first-order chi connectivity index (χ1) is 10.6. The number of hydrogen-bond donors (Lipinski definition) is 0. The van der Waals surface area contributed by atoms with E-state index in [9.17, 15) is 4.79 Å². The van der Waals surface area contributed by atoms with Crippen LogP contribution in [0.2, 0.25) is 0 Å². The summed E-state index contributed by atoms with van der Waals surface area (Å²) in [5.74, 6) is 0.255. The van der Waals surface area contributed by atoms with E-state index in [2.05, 4.69) is 23.8 Å². The Kier molecular flexibility index (Phi) is 4.52. The van der Waals surface area contributed by atoms with Crippen LogP contribution >= 0.6 is 0 Å². The number of morpholine rings is 1. The molecule has 0 bridgehead atoms. The van der Waals surface area contributed by atoms with Crippen molar-refractivity contribution in [2.45, 2.75) is 71.6 Å². The third-order valence-electron chi connectivity index (χ3n) is 5.33. The molecule has 0 aromatic carbocycles. The molecule has 2 fully saturated rings. The van der Waals surface area contributed by atoms with Crippen LogP contribution in [-0.2, 0) is 16.1 Å². The van der Waals surface area contributed by atoms with Crippen LogP contribution in [0.4, 0.5) is 0 Å². The number of rotatable bonds is 3. The Labute approximate surface area is 132 Å². The van der Waals surface area contributed by atoms with Crippen LogP contribution in [0, 0.1) is 20.8 Å². The summed E-state index contributed by atoms with van der Waals surface area (Å²) in [7, 11) is 0. The quantitative estimate of drug-likeness (QED) is 0.861. The van der Waals surface area contributed by atoms with Crippen LogP contribution in [0.3, 0.4) is 0 Å². The molecule has 1 saturated heterocycles. The molecule has 0 N–H and O–H groups in total. The molecular formula is C17H27N3O2. The van der Waals surface area contributed by atoms with Crippen LogP contribution in [0.15, 0.2) is 0 Å². The highest BCUT2D eigenvalue weighted by molar-refractivity contribution is 5.76. The highest BCUT2D eigenvalue weighted by atomic mass is 16.5. The highest BCUT2D eigenvalue weighted by Gasteiger charge is 2.36. The van der Waals surface area contributed by atoms with Crippen LogP contribution in [0.25, 0.3) is 0 Å². The van der Waals surface area contributed by atoms with Gasteiger partial charge in [-0.25, -0.2) is 0 Å². The van der Waals surface area contributed by atoms with Crippen molar-refractivity contribution in [3.8, 4) is 0 Å². The Morgan fingerprint density at radius 3 is 2.77 bits per heavy atom. The molecule has 1 amide bonds. The first-order valence-electron chi connectivity index (χ1n) is 8.49. The maximum absolute atomic E-state index is 12.7. The van der Waals surface area contributed by atoms with Gasteiger partial charge < -0.3 is 9.64 Å². The average Bonchev–Trinajstić information content (AvgIpc) is 2.79. The number of carbonyl (C=O) groups excluding carboxylic acids is 1. The second-order valence-electron chi connectivity index (χ2n) is 6.62. The Bertz CT molecular complexity index is 550. The Morgan fingerprint density at radius 2 is 2.05 bits per heavy atom. The minimum Gasteiger partial charge on any atom is -0.374 e. The second-order valence-corrected chi connectivity index (χ2v) is 6.62. The first-order valence-corrected chi connectivity index (χ1v) is 8.49. The summed E-state index contributed by atoms with van der Waals surface area (Å²) in [5.41, 5.74) is 3.46. The van der Waals surface area contributed by atoms with E-state index in [1.807, 2.05) is 11.6 Å². The molecule has 0 spiro atoms. The van der Waals surface area contributed by atoms with Crippen LogP contribution in [-0.4, -0.2) is 45.9 Å². The summed E-state index contributed by atoms with van der Waals surface area (Å²) in [6, 6.07) is 0.303. The summed E-state index contributed by atoms with van der Waals surface area (Å²) in [6.07, 6.45) is 5.44. The largest absolute Gasteiger partial charge is 0.374 e. The van der Waals surface area contributed by atoms with Crippen LogP contribution < -0.4 is 0 Å². The number of aromatic nitrogens is 2. The van der Waals surface area contributed by atoms with E-state index < -0.39 is 0 Å². The fourth-order valence-electron chi connectivity index (χ4n) is 3.76. The van der Waals surface area contributed by atoms with E-state index in [1.54, 1.807) is 0 Å². The lowest BCUT2D eigenvalue weighted by molar-refractivity contribution is -0.149. The van der Waals surface area contributed by atoms with Crippen molar-refractivity contribution >= 4 is 5.91 Å². The van der Waals surface area contributed by atoms with Gasteiger partial charge in [0.2, 0.25) is 5.91 Å². The summed E-state index contributed by atoms with van der Waals surface area (Å²) in [6.45, 7) is 8.29. The van der Waals surface area contributed by atoms with E-state index in [4.69, 9.17) is 4.74 Å². The lowest BCUT2D eigenvalue weighted by Gasteiger charge is -2.43. The van der Waals surface area contributed by atoms with E-state index in [-0.39, 0.29) is 12.0 Å². The van der Waals surface area contributed by atoms with Crippen molar-refractivity contribution in [2.75, 3.05) is 13.2 Å². The number of carbonyl (C=O) groups is 1. The number of hydrogen-bond acceptors (Lipinski definition) is 3. The molecular weight excluding hydrogens is 278 g/mol. The van der Waals surface area contributed by atoms with Crippen molar-refractivity contribution in [3.05, 3.63) is 17.0 Å². The summed E-state index contributed by atoms with van der Waals surface area (Å²) >= 11 is 0. The number of aryl methyl sites for hydroxylation is 2. The lowest BCUT2D eigenvalue weighted by Crippen LogP contribution is -2.54. The number of ether oxygens (including phenoxy) is 1. The van der Waals surface area contributed by atoms with E-state index in [0.717, 1.165) is 25.1 Å². The molecule has 1 saturated carbocycles. The molecule has 2 aliphatic rings. The number of nitrogens with zero attached hydrogens (tertiary/aromatic N) is 3. The van der Waals surface area contributed by atoms with Crippen molar-refractivity contribution in [3.63, 3.8) is 0 Å². The summed E-state index contributed by atoms with van der Waals surface area (Å²) < 4.78 is 7.83. The average molecular weight is 305 g/mol. The maximum Gasteiger partial charge on any atom is 0.224 e. The van der Waals surface area contributed by atoms with Crippen LogP contribution in [0.1, 0.15) is 49.1 Å². The molecule has 1 aliphatic heterocycles. The van der Waals surface area contributed by atoms with Gasteiger partial charge in [0.25, 0.3) is 0 Å². The molecule has 0 unspecified atom stereocenters. The molecule has 5 nitrogen and oxygen atoms in total. The second kappa shape index (κ2) is 6.41. The lowest BCUT2D eigenvalue weighted by atomic mass is 9.90. The van der Waals surface area contributed by atoms with Crippen molar-refractivity contribution in [1.82, 2.24) is 14.7 Å². The zero-order chi connectivity index (χ0) is 15.7. The first kappa shape index (κ1) is 15.5. The number of amides is 1. The predicted molar refractivity (Wildman–Crippen MR) is 84.8 cm³/mol. The molecule has 1 aromatic heterocycles. The predicted octanol–water partition coefficient (Wildman–Crippen LogP) is 2.37. The third-order valence-corrected chi connectivity index (χ3v) is 5.33. The molecule has 1 aliphatic carbocycles. The normalized spacial score (nSPS) is 25.1. The van der Waals surface area contributed by atoms with Gasteiger partial charge in [-0.3, -0.25) is 9.48 Å². The highest BCUT2D eigenvalue weighted by Crippen LogP contribution is 2.28. The fraction of sp³-hybridized carbons (Fsp3) is 0.765. The Morgan fingerprint density at radius 1 is 1.27 bits per heavy atom. The van der Waals surface area contributed by atoms with Gasteiger partial charge in [0.15, 0.2) is 0 Å². The van der Waals surface area contributed by atoms with Gasteiger partial charge in [-0.05, 0) is 39.2 Å². The van der Waals surface area contributed by atoms with Gasteiger partial charge in [0.05, 0.1) is 24.4 Å². The molecule has 0 radical (unpaired) electrons. The molecule has 3 rings (SSSR count). The fourth-order valence-corrected chi connectivity index (χ4v) is 3.76. The summed E-state index contributed by atoms with van der Waals surface area (Å²) in [5, 5.41) is 4.53. The molecule has 122 valence electrons. The molecule has 22 heavy (non-hydrogen) atoms. The Balaban J connectivity index is 1.62. The van der Waals surface area contributed by atoms with Gasteiger partial charge in [0.1, 0.15) is 0 Å². The zero-order valence-corrected chi connectivity index (χ0v) is 14.0. The van der Waals surface area contributed by atoms with Crippen LogP contribution in [0.5, 0.6) is 0 Å². The monoisotopic (exact) mass is 305 g/mol. The minimum atomic E-state index is 0.255. The minimum absolute atomic E-state index is 0.255. The Hall–Kier alpha value is -1.36. The van der Waals surface area contributed by atoms with Gasteiger partial charge in [-0.1, -0.05) is 12.8 Å². The van der Waals surface area contributed by atoms with Crippen molar-refractivity contribution < 1.29 is 9.53 Å². The van der Waals surface area contributed by atoms with Gasteiger partial charge >= 0.3 is 0 Å². The van der Waals surface area contributed by atoms with E-state index in [1.165, 1.54) is 24.1 Å². The van der Waals surface area contributed by atoms with Gasteiger partial charge in [0, 0.05) is 25.2 Å². The molecule has 2 atom stereocenters. The van der Waals surface area contributed by atoms with E-state index >= 15 is 0 Å².